The van der Waals surface area contributed by atoms with Gasteiger partial charge < -0.3 is 66.1 Å². The van der Waals surface area contributed by atoms with Crippen LogP contribution in [0.3, 0.4) is 0 Å². The number of fused-ring (bicyclic) bond motifs is 3. The molecule has 0 bridgehead atoms. The second-order valence-corrected chi connectivity index (χ2v) is 18.6. The van der Waals surface area contributed by atoms with Gasteiger partial charge in [0.1, 0.15) is 47.1 Å². The van der Waals surface area contributed by atoms with E-state index in [9.17, 15) is 63.9 Å². The maximum absolute atomic E-state index is 14.1. The van der Waals surface area contributed by atoms with Crippen LogP contribution in [-0.4, -0.2) is 139 Å². The number of aromatic hydroxyl groups is 2. The predicted octanol–water partition coefficient (Wildman–Crippen LogP) is 0.979. The number of hydrogen-bond acceptors (Lipinski definition) is 16. The number of Topliss-reactive ketones (excluding diaryl/α,β-unsaturated/α-hetero) is 1. The monoisotopic (exact) mass is 954 g/mol. The number of aliphatic hydroxyl groups is 3. The lowest BCUT2D eigenvalue weighted by atomic mass is 9.72. The van der Waals surface area contributed by atoms with Crippen molar-refractivity contribution in [3.63, 3.8) is 0 Å². The number of carboxylic acid groups (broad SMARTS) is 1. The summed E-state index contributed by atoms with van der Waals surface area (Å²) in [6.45, 7) is 10.9. The molecule has 5 rings (SSSR count). The first kappa shape index (κ1) is 53.0. The Morgan fingerprint density at radius 2 is 1.47 bits per heavy atom. The van der Waals surface area contributed by atoms with Crippen molar-refractivity contribution in [3.8, 4) is 17.2 Å². The number of aliphatic carboxylic acids is 1. The van der Waals surface area contributed by atoms with E-state index in [0.29, 0.717) is 0 Å². The van der Waals surface area contributed by atoms with E-state index in [1.54, 1.807) is 27.7 Å². The lowest BCUT2D eigenvalue weighted by Gasteiger charge is -2.43. The molecule has 0 saturated carbocycles. The minimum atomic E-state index is -2.21. The van der Waals surface area contributed by atoms with Gasteiger partial charge >= 0.3 is 5.97 Å². The summed E-state index contributed by atoms with van der Waals surface area (Å²) in [5, 5.41) is 76.4. The van der Waals surface area contributed by atoms with Crippen LogP contribution in [0.25, 0.3) is 0 Å². The van der Waals surface area contributed by atoms with Gasteiger partial charge in [0.05, 0.1) is 54.6 Å². The molecule has 68 heavy (non-hydrogen) atoms. The number of phenolic OH excluding ortho intramolecular Hbond substituents is 2. The molecule has 372 valence electrons. The fourth-order valence-electron chi connectivity index (χ4n) is 8.86. The van der Waals surface area contributed by atoms with Crippen molar-refractivity contribution in [2.24, 2.45) is 11.8 Å². The van der Waals surface area contributed by atoms with Gasteiger partial charge in [-0.05, 0) is 51.5 Å². The van der Waals surface area contributed by atoms with E-state index in [1.807, 2.05) is 0 Å². The summed E-state index contributed by atoms with van der Waals surface area (Å²) < 4.78 is 17.6. The van der Waals surface area contributed by atoms with Crippen molar-refractivity contribution >= 4 is 46.9 Å². The maximum Gasteiger partial charge on any atom is 0.303 e. The van der Waals surface area contributed by atoms with Gasteiger partial charge in [0.15, 0.2) is 17.9 Å². The van der Waals surface area contributed by atoms with E-state index in [0.717, 1.165) is 6.92 Å². The number of carboxylic acids is 1. The average molecular weight is 955 g/mol. The number of rotatable bonds is 19. The molecule has 10 atom stereocenters. The van der Waals surface area contributed by atoms with E-state index < -0.39 is 156 Å². The molecule has 0 unspecified atom stereocenters. The highest BCUT2D eigenvalue weighted by atomic mass is 16.7. The van der Waals surface area contributed by atoms with Crippen LogP contribution in [0.2, 0.25) is 0 Å². The quantitative estimate of drug-likeness (QED) is 0.0749. The standard InChI is InChI=1S/C47H62N4O17/c1-19(2)14-27(48-31(54)12-13-32(55)56)45(63)51-38(21(5)52)46(64)50-28(15-20(3)4)44(62)49-26-16-33(67-22(6)39(26)57)68-30-18-47(65,23(7)53)17-25-35(30)43(61)37-36(41(25)59)40(58)24-10-9-11-29(66-8)34(24)42(37)60/h9-11,19-22,26-28,30,33,38-39,52,57,59,61,65H,12-18H2,1-8H3,(H,48,54)(H,49,62)(H,50,64)(H,51,63)(H,55,56)/t21-,22+,26+,27+,28+,30+,33+,38+,39-,47+/m1/s1. The predicted molar refractivity (Wildman–Crippen MR) is 238 cm³/mol. The Labute approximate surface area is 392 Å². The summed E-state index contributed by atoms with van der Waals surface area (Å²) in [7, 11) is 1.29. The highest BCUT2D eigenvalue weighted by molar-refractivity contribution is 6.31. The Hall–Kier alpha value is -6.00. The molecular weight excluding hydrogens is 893 g/mol. The summed E-state index contributed by atoms with van der Waals surface area (Å²) in [6.07, 6.45) is -8.91. The molecule has 21 nitrogen and oxygen atoms in total. The summed E-state index contributed by atoms with van der Waals surface area (Å²) >= 11 is 0. The lowest BCUT2D eigenvalue weighted by Crippen LogP contribution is -2.62. The largest absolute Gasteiger partial charge is 0.507 e. The molecule has 2 aromatic carbocycles. The Bertz CT molecular complexity index is 2330. The van der Waals surface area contributed by atoms with Crippen LogP contribution in [0.4, 0.5) is 0 Å². The van der Waals surface area contributed by atoms with Gasteiger partial charge in [0, 0.05) is 42.4 Å². The summed E-state index contributed by atoms with van der Waals surface area (Å²) in [4.78, 5) is 106. The van der Waals surface area contributed by atoms with Crippen molar-refractivity contribution in [1.29, 1.82) is 0 Å². The number of ether oxygens (including phenoxy) is 3. The molecule has 0 aromatic heterocycles. The first-order valence-electron chi connectivity index (χ1n) is 22.5. The third kappa shape index (κ3) is 11.5. The van der Waals surface area contributed by atoms with Gasteiger partial charge in [0.2, 0.25) is 29.4 Å². The number of carbonyl (C=O) groups is 8. The second kappa shape index (κ2) is 21.5. The zero-order valence-electron chi connectivity index (χ0n) is 39.2. The number of methoxy groups -OCH3 is 1. The van der Waals surface area contributed by atoms with E-state index >= 15 is 0 Å². The summed E-state index contributed by atoms with van der Waals surface area (Å²) in [5.41, 5.74) is -3.98. The van der Waals surface area contributed by atoms with Crippen LogP contribution >= 0.6 is 0 Å². The minimum absolute atomic E-state index is 0.0349. The molecule has 0 radical (unpaired) electrons. The molecule has 4 amide bonds. The summed E-state index contributed by atoms with van der Waals surface area (Å²) in [5.74, 6) is -8.73. The van der Waals surface area contributed by atoms with Crippen molar-refractivity contribution in [2.75, 3.05) is 7.11 Å². The Morgan fingerprint density at radius 3 is 2.04 bits per heavy atom. The molecule has 1 heterocycles. The molecule has 1 saturated heterocycles. The van der Waals surface area contributed by atoms with Gasteiger partial charge in [0.25, 0.3) is 0 Å². The Kier molecular flexibility index (Phi) is 16.8. The van der Waals surface area contributed by atoms with Crippen molar-refractivity contribution in [2.45, 2.75) is 154 Å². The number of carbonyl (C=O) groups excluding carboxylic acids is 7. The van der Waals surface area contributed by atoms with Crippen LogP contribution in [-0.2, 0) is 44.7 Å². The first-order chi connectivity index (χ1) is 31.8. The Balaban J connectivity index is 1.39. The SMILES string of the molecule is COc1cccc2c1C(=O)c1c(O)c3c(c(O)c1C2=O)C[C@@](O)(C(C)=O)C[C@@H]3O[C@H]1C[C@H](NC(=O)[C@H](CC(C)C)NC(=O)[C@@H](NC(=O)[C@H](CC(C)C)NC(=O)CCC(=O)O)[C@@H](C)O)[C@H](O)[C@H](C)O1. The number of ketones is 3. The van der Waals surface area contributed by atoms with Gasteiger partial charge in [-0.3, -0.25) is 38.4 Å². The molecular formula is C47H62N4O17. The number of amides is 4. The van der Waals surface area contributed by atoms with Crippen molar-refractivity contribution in [1.82, 2.24) is 21.3 Å². The smallest absolute Gasteiger partial charge is 0.303 e. The first-order valence-corrected chi connectivity index (χ1v) is 22.5. The van der Waals surface area contributed by atoms with E-state index in [1.165, 1.54) is 39.2 Å². The Morgan fingerprint density at radius 1 is 0.853 bits per heavy atom. The van der Waals surface area contributed by atoms with E-state index in [4.69, 9.17) is 19.3 Å². The normalized spacial score (nSPS) is 23.8. The second-order valence-electron chi connectivity index (χ2n) is 18.6. The molecule has 0 spiro atoms. The van der Waals surface area contributed by atoms with Crippen LogP contribution in [0.5, 0.6) is 17.2 Å². The van der Waals surface area contributed by atoms with Gasteiger partial charge in [-0.25, -0.2) is 0 Å². The zero-order valence-corrected chi connectivity index (χ0v) is 39.2. The zero-order chi connectivity index (χ0) is 50.7. The topological polar surface area (TPSA) is 334 Å². The van der Waals surface area contributed by atoms with E-state index in [2.05, 4.69) is 21.3 Å². The molecule has 21 heteroatoms. The fraction of sp³-hybridized carbons (Fsp3) is 0.574. The van der Waals surface area contributed by atoms with Crippen LogP contribution in [0.1, 0.15) is 136 Å². The van der Waals surface area contributed by atoms with Gasteiger partial charge in [-0.1, -0.05) is 39.8 Å². The highest BCUT2D eigenvalue weighted by Crippen LogP contribution is 2.52. The molecule has 10 N–H and O–H groups in total. The molecule has 2 aromatic rings. The van der Waals surface area contributed by atoms with Crippen molar-refractivity contribution in [3.05, 3.63) is 51.6 Å². The van der Waals surface area contributed by atoms with Crippen LogP contribution in [0, 0.1) is 11.8 Å². The van der Waals surface area contributed by atoms with Crippen LogP contribution < -0.4 is 26.0 Å². The van der Waals surface area contributed by atoms with Crippen LogP contribution in [0.15, 0.2) is 18.2 Å². The van der Waals surface area contributed by atoms with Crippen molar-refractivity contribution < 1.29 is 83.2 Å². The third-order valence-electron chi connectivity index (χ3n) is 12.4. The molecule has 1 aliphatic heterocycles. The molecule has 3 aliphatic rings. The number of nitrogens with one attached hydrogen (secondary N) is 4. The third-order valence-corrected chi connectivity index (χ3v) is 12.4. The number of benzene rings is 2. The number of phenols is 2. The summed E-state index contributed by atoms with van der Waals surface area (Å²) in [6, 6.07) is -1.00. The minimum Gasteiger partial charge on any atom is -0.507 e. The number of hydrogen-bond donors (Lipinski definition) is 10. The number of aliphatic hydroxyl groups excluding tert-OH is 2. The maximum atomic E-state index is 14.1. The fourth-order valence-corrected chi connectivity index (χ4v) is 8.86. The molecule has 1 fully saturated rings. The van der Waals surface area contributed by atoms with Gasteiger partial charge in [-0.2, -0.15) is 0 Å². The van der Waals surface area contributed by atoms with Gasteiger partial charge in [-0.15, -0.1) is 0 Å². The average Bonchev–Trinajstić information content (AvgIpc) is 3.25. The lowest BCUT2D eigenvalue weighted by molar-refractivity contribution is -0.249. The highest BCUT2D eigenvalue weighted by Gasteiger charge is 2.50. The molecule has 2 aliphatic carbocycles. The van der Waals surface area contributed by atoms with E-state index in [-0.39, 0.29) is 59.1 Å².